The van der Waals surface area contributed by atoms with Crippen LogP contribution >= 0.6 is 0 Å². The van der Waals surface area contributed by atoms with Crippen LogP contribution in [0.25, 0.3) is 0 Å². The minimum Gasteiger partial charge on any atom is -0.486 e. The molecule has 1 aromatic rings. The van der Waals surface area contributed by atoms with Crippen LogP contribution in [0.1, 0.15) is 38.3 Å². The van der Waals surface area contributed by atoms with Crippen molar-refractivity contribution in [1.29, 1.82) is 0 Å². The first-order chi connectivity index (χ1) is 10.0. The van der Waals surface area contributed by atoms with Gasteiger partial charge in [-0.2, -0.15) is 0 Å². The van der Waals surface area contributed by atoms with Crippen molar-refractivity contribution in [3.05, 3.63) is 23.8 Å². The third-order valence-corrected chi connectivity index (χ3v) is 4.66. The van der Waals surface area contributed by atoms with Crippen molar-refractivity contribution in [3.8, 4) is 11.5 Å². The second kappa shape index (κ2) is 5.85. The van der Waals surface area contributed by atoms with Gasteiger partial charge in [-0.15, -0.1) is 0 Å². The molecule has 2 heterocycles. The molecule has 0 saturated carbocycles. The van der Waals surface area contributed by atoms with Crippen molar-refractivity contribution >= 4 is 0 Å². The van der Waals surface area contributed by atoms with Gasteiger partial charge in [-0.25, -0.2) is 0 Å². The largest absolute Gasteiger partial charge is 0.486 e. The van der Waals surface area contributed by atoms with E-state index in [1.54, 1.807) is 0 Å². The summed E-state index contributed by atoms with van der Waals surface area (Å²) in [5.41, 5.74) is 8.00. The van der Waals surface area contributed by atoms with Gasteiger partial charge in [0.05, 0.1) is 0 Å². The normalized spacial score (nSPS) is 22.8. The topological polar surface area (TPSA) is 47.7 Å². The molecule has 2 aliphatic rings. The SMILES string of the molecule is CC1(C)CCN(CC(N)c2ccc3c(c2)OCCO3)CC1. The molecule has 4 heteroatoms. The lowest BCUT2D eigenvalue weighted by molar-refractivity contribution is 0.127. The predicted molar refractivity (Wildman–Crippen MR) is 83.8 cm³/mol. The Bertz CT molecular complexity index is 492. The molecule has 116 valence electrons. The molecule has 0 amide bonds. The highest BCUT2D eigenvalue weighted by molar-refractivity contribution is 5.44. The van der Waals surface area contributed by atoms with E-state index in [1.165, 1.54) is 12.8 Å². The van der Waals surface area contributed by atoms with Crippen LogP contribution < -0.4 is 15.2 Å². The fourth-order valence-corrected chi connectivity index (χ4v) is 3.02. The molecular formula is C17H26N2O2. The number of fused-ring (bicyclic) bond motifs is 1. The molecule has 0 aliphatic carbocycles. The monoisotopic (exact) mass is 290 g/mol. The van der Waals surface area contributed by atoms with E-state index < -0.39 is 0 Å². The number of benzene rings is 1. The molecule has 4 nitrogen and oxygen atoms in total. The fourth-order valence-electron chi connectivity index (χ4n) is 3.02. The van der Waals surface area contributed by atoms with E-state index in [-0.39, 0.29) is 6.04 Å². The van der Waals surface area contributed by atoms with Crippen LogP contribution in [-0.4, -0.2) is 37.7 Å². The third kappa shape index (κ3) is 3.50. The molecule has 2 N–H and O–H groups in total. The first kappa shape index (κ1) is 14.7. The van der Waals surface area contributed by atoms with Gasteiger partial charge in [0.1, 0.15) is 13.2 Å². The van der Waals surface area contributed by atoms with E-state index in [1.807, 2.05) is 12.1 Å². The number of ether oxygens (including phenoxy) is 2. The smallest absolute Gasteiger partial charge is 0.161 e. The van der Waals surface area contributed by atoms with Crippen molar-refractivity contribution < 1.29 is 9.47 Å². The molecule has 21 heavy (non-hydrogen) atoms. The number of hydrogen-bond acceptors (Lipinski definition) is 4. The predicted octanol–water partition coefficient (Wildman–Crippen LogP) is 2.58. The van der Waals surface area contributed by atoms with Crippen LogP contribution in [0.15, 0.2) is 18.2 Å². The Morgan fingerprint density at radius 2 is 1.81 bits per heavy atom. The van der Waals surface area contributed by atoms with E-state index in [0.717, 1.165) is 36.7 Å². The summed E-state index contributed by atoms with van der Waals surface area (Å²) in [7, 11) is 0. The van der Waals surface area contributed by atoms with Gasteiger partial charge in [-0.3, -0.25) is 0 Å². The zero-order valence-electron chi connectivity index (χ0n) is 13.1. The number of likely N-dealkylation sites (tertiary alicyclic amines) is 1. The number of nitrogens with two attached hydrogens (primary N) is 1. The summed E-state index contributed by atoms with van der Waals surface area (Å²) in [6.45, 7) is 9.15. The molecule has 1 aromatic carbocycles. The lowest BCUT2D eigenvalue weighted by atomic mass is 9.82. The van der Waals surface area contributed by atoms with Gasteiger partial charge >= 0.3 is 0 Å². The fraction of sp³-hybridized carbons (Fsp3) is 0.647. The van der Waals surface area contributed by atoms with Crippen LogP contribution in [0.2, 0.25) is 0 Å². The van der Waals surface area contributed by atoms with E-state index >= 15 is 0 Å². The lowest BCUT2D eigenvalue weighted by Crippen LogP contribution is -2.40. The van der Waals surface area contributed by atoms with E-state index in [4.69, 9.17) is 15.2 Å². The summed E-state index contributed by atoms with van der Waals surface area (Å²) in [5, 5.41) is 0. The highest BCUT2D eigenvalue weighted by atomic mass is 16.6. The average molecular weight is 290 g/mol. The van der Waals surface area contributed by atoms with Crippen LogP contribution in [0.3, 0.4) is 0 Å². The Morgan fingerprint density at radius 3 is 2.52 bits per heavy atom. The van der Waals surface area contributed by atoms with Gasteiger partial charge in [0.2, 0.25) is 0 Å². The minimum absolute atomic E-state index is 0.0297. The molecule has 2 aliphatic heterocycles. The van der Waals surface area contributed by atoms with Crippen LogP contribution in [0.4, 0.5) is 0 Å². The number of rotatable bonds is 3. The van der Waals surface area contributed by atoms with E-state index in [0.29, 0.717) is 18.6 Å². The molecule has 0 spiro atoms. The summed E-state index contributed by atoms with van der Waals surface area (Å²) in [4.78, 5) is 2.48. The van der Waals surface area contributed by atoms with Crippen molar-refractivity contribution in [2.75, 3.05) is 32.8 Å². The number of nitrogens with zero attached hydrogens (tertiary/aromatic N) is 1. The molecule has 0 radical (unpaired) electrons. The molecule has 1 unspecified atom stereocenters. The maximum absolute atomic E-state index is 6.39. The Hall–Kier alpha value is -1.26. The zero-order chi connectivity index (χ0) is 14.9. The first-order valence-electron chi connectivity index (χ1n) is 7.91. The van der Waals surface area contributed by atoms with E-state index in [9.17, 15) is 0 Å². The standard InChI is InChI=1S/C17H26N2O2/c1-17(2)5-7-19(8-6-17)12-14(18)13-3-4-15-16(11-13)21-10-9-20-15/h3-4,11,14H,5-10,12,18H2,1-2H3. The summed E-state index contributed by atoms with van der Waals surface area (Å²) in [6, 6.07) is 6.10. The Kier molecular flexibility index (Phi) is 4.09. The third-order valence-electron chi connectivity index (χ3n) is 4.66. The van der Waals surface area contributed by atoms with Gasteiger partial charge < -0.3 is 20.1 Å². The van der Waals surface area contributed by atoms with Crippen molar-refractivity contribution in [1.82, 2.24) is 4.90 Å². The van der Waals surface area contributed by atoms with Gasteiger partial charge in [-0.05, 0) is 49.0 Å². The van der Waals surface area contributed by atoms with Gasteiger partial charge in [0, 0.05) is 12.6 Å². The second-order valence-electron chi connectivity index (χ2n) is 6.97. The van der Waals surface area contributed by atoms with Gasteiger partial charge in [0.25, 0.3) is 0 Å². The highest BCUT2D eigenvalue weighted by Gasteiger charge is 2.26. The molecule has 1 fully saturated rings. The Balaban J connectivity index is 1.62. The quantitative estimate of drug-likeness (QED) is 0.929. The minimum atomic E-state index is 0.0297. The molecular weight excluding hydrogens is 264 g/mol. The van der Waals surface area contributed by atoms with E-state index in [2.05, 4.69) is 24.8 Å². The summed E-state index contributed by atoms with van der Waals surface area (Å²) in [6.07, 6.45) is 2.50. The maximum atomic E-state index is 6.39. The summed E-state index contributed by atoms with van der Waals surface area (Å²) >= 11 is 0. The molecule has 1 saturated heterocycles. The summed E-state index contributed by atoms with van der Waals surface area (Å²) < 4.78 is 11.2. The van der Waals surface area contributed by atoms with Crippen LogP contribution in [0.5, 0.6) is 11.5 Å². The Morgan fingerprint density at radius 1 is 1.14 bits per heavy atom. The zero-order valence-corrected chi connectivity index (χ0v) is 13.1. The molecule has 3 rings (SSSR count). The highest BCUT2D eigenvalue weighted by Crippen LogP contribution is 2.33. The van der Waals surface area contributed by atoms with Crippen LogP contribution in [0, 0.1) is 5.41 Å². The molecule has 0 bridgehead atoms. The van der Waals surface area contributed by atoms with Crippen LogP contribution in [-0.2, 0) is 0 Å². The first-order valence-corrected chi connectivity index (χ1v) is 7.91. The summed E-state index contributed by atoms with van der Waals surface area (Å²) in [5.74, 6) is 1.66. The van der Waals surface area contributed by atoms with Crippen molar-refractivity contribution in [2.24, 2.45) is 11.1 Å². The van der Waals surface area contributed by atoms with Crippen molar-refractivity contribution in [3.63, 3.8) is 0 Å². The molecule has 0 aromatic heterocycles. The van der Waals surface area contributed by atoms with Gasteiger partial charge in [-0.1, -0.05) is 19.9 Å². The van der Waals surface area contributed by atoms with Gasteiger partial charge in [0.15, 0.2) is 11.5 Å². The average Bonchev–Trinajstić information content (AvgIpc) is 2.49. The molecule has 1 atom stereocenters. The number of hydrogen-bond donors (Lipinski definition) is 1. The van der Waals surface area contributed by atoms with Crippen molar-refractivity contribution in [2.45, 2.75) is 32.7 Å². The Labute approximate surface area is 127 Å². The second-order valence-corrected chi connectivity index (χ2v) is 6.97. The number of piperidine rings is 1. The lowest BCUT2D eigenvalue weighted by Gasteiger charge is -2.38. The maximum Gasteiger partial charge on any atom is 0.161 e.